The molecular formula is C20H37NOS. The van der Waals surface area contributed by atoms with Crippen LogP contribution in [-0.4, -0.2) is 21.6 Å². The molecule has 1 fully saturated rings. The Morgan fingerprint density at radius 2 is 1.52 bits per heavy atom. The van der Waals surface area contributed by atoms with E-state index in [1.807, 2.05) is 4.90 Å². The van der Waals surface area contributed by atoms with Crippen molar-refractivity contribution in [2.75, 3.05) is 0 Å². The Morgan fingerprint density at radius 1 is 1.04 bits per heavy atom. The number of hydrogen-bond acceptors (Lipinski definition) is 2. The quantitative estimate of drug-likeness (QED) is 0.638. The van der Waals surface area contributed by atoms with Crippen LogP contribution < -0.4 is 0 Å². The number of allylic oxidation sites excluding steroid dienone is 1. The zero-order valence-corrected chi connectivity index (χ0v) is 17.6. The number of amides is 1. The summed E-state index contributed by atoms with van der Waals surface area (Å²) in [7, 11) is 0. The summed E-state index contributed by atoms with van der Waals surface area (Å²) in [4.78, 5) is 14.3. The van der Waals surface area contributed by atoms with Gasteiger partial charge in [0.15, 0.2) is 0 Å². The van der Waals surface area contributed by atoms with Gasteiger partial charge in [0.25, 0.3) is 0 Å². The molecule has 0 aromatic heterocycles. The van der Waals surface area contributed by atoms with Crippen molar-refractivity contribution in [2.45, 2.75) is 92.4 Å². The zero-order chi connectivity index (χ0) is 18.4. The van der Waals surface area contributed by atoms with E-state index in [1.165, 1.54) is 0 Å². The highest BCUT2D eigenvalue weighted by Crippen LogP contribution is 2.54. The molecular weight excluding hydrogens is 302 g/mol. The van der Waals surface area contributed by atoms with E-state index in [1.54, 1.807) is 0 Å². The molecule has 1 atom stereocenters. The van der Waals surface area contributed by atoms with Gasteiger partial charge in [-0.25, -0.2) is 0 Å². The molecule has 1 aliphatic heterocycles. The number of carbonyl (C=O) groups is 1. The van der Waals surface area contributed by atoms with Crippen LogP contribution in [-0.2, 0) is 4.79 Å². The zero-order valence-electron chi connectivity index (χ0n) is 16.7. The summed E-state index contributed by atoms with van der Waals surface area (Å²) < 4.78 is 0. The maximum Gasteiger partial charge on any atom is 0.240 e. The monoisotopic (exact) mass is 339 g/mol. The first-order chi connectivity index (χ1) is 10.0. The predicted octanol–water partition coefficient (Wildman–Crippen LogP) is 5.69. The maximum absolute atomic E-state index is 12.4. The van der Waals surface area contributed by atoms with Crippen molar-refractivity contribution < 1.29 is 4.79 Å². The highest BCUT2D eigenvalue weighted by atomic mass is 32.1. The number of thiol groups is 1. The van der Waals surface area contributed by atoms with Crippen LogP contribution in [0.15, 0.2) is 12.3 Å². The van der Waals surface area contributed by atoms with Crippen molar-refractivity contribution in [2.24, 2.45) is 16.2 Å². The Kier molecular flexibility index (Phi) is 5.49. The van der Waals surface area contributed by atoms with E-state index in [2.05, 4.69) is 81.5 Å². The van der Waals surface area contributed by atoms with Crippen molar-refractivity contribution in [1.82, 2.24) is 4.90 Å². The fourth-order valence-corrected chi connectivity index (χ4v) is 3.82. The molecule has 23 heavy (non-hydrogen) atoms. The second kappa shape index (κ2) is 6.13. The molecule has 0 N–H and O–H groups in total. The van der Waals surface area contributed by atoms with Gasteiger partial charge in [-0.2, -0.15) is 12.6 Å². The van der Waals surface area contributed by atoms with Crippen molar-refractivity contribution in [1.29, 1.82) is 0 Å². The topological polar surface area (TPSA) is 20.3 Å². The minimum absolute atomic E-state index is 0.108. The molecule has 1 heterocycles. The lowest BCUT2D eigenvalue weighted by Crippen LogP contribution is -2.48. The van der Waals surface area contributed by atoms with Crippen molar-refractivity contribution in [3.63, 3.8) is 0 Å². The van der Waals surface area contributed by atoms with Gasteiger partial charge in [-0.1, -0.05) is 55.0 Å². The lowest BCUT2D eigenvalue weighted by atomic mass is 9.54. The van der Waals surface area contributed by atoms with Crippen LogP contribution in [0.3, 0.4) is 0 Å². The van der Waals surface area contributed by atoms with E-state index < -0.39 is 0 Å². The highest BCUT2D eigenvalue weighted by molar-refractivity contribution is 7.81. The van der Waals surface area contributed by atoms with Crippen molar-refractivity contribution in [3.05, 3.63) is 12.3 Å². The van der Waals surface area contributed by atoms with E-state index in [4.69, 9.17) is 0 Å². The molecule has 0 saturated carbocycles. The van der Waals surface area contributed by atoms with E-state index in [9.17, 15) is 4.79 Å². The van der Waals surface area contributed by atoms with Gasteiger partial charge in [-0.15, -0.1) is 0 Å². The van der Waals surface area contributed by atoms with Gasteiger partial charge in [-0.05, 0) is 42.9 Å². The van der Waals surface area contributed by atoms with Gasteiger partial charge in [0, 0.05) is 17.7 Å². The second-order valence-electron chi connectivity index (χ2n) is 10.0. The molecule has 2 nitrogen and oxygen atoms in total. The number of likely N-dealkylation sites (tertiary alicyclic amines) is 1. The Bertz CT molecular complexity index is 482. The average Bonchev–Trinajstić information content (AvgIpc) is 2.60. The highest BCUT2D eigenvalue weighted by Gasteiger charge is 2.47. The number of rotatable bonds is 5. The molecule has 0 bridgehead atoms. The predicted molar refractivity (Wildman–Crippen MR) is 104 cm³/mol. The van der Waals surface area contributed by atoms with Gasteiger partial charge >= 0.3 is 0 Å². The largest absolute Gasteiger partial charge is 0.310 e. The molecule has 1 saturated heterocycles. The third kappa shape index (κ3) is 3.81. The SMILES string of the molecule is C=C1CC(S)C(=O)N1C(C)(C)CCC(C)(C)C(C)(C)C(C)(C)C. The molecule has 3 heteroatoms. The van der Waals surface area contributed by atoms with Crippen LogP contribution in [0.1, 0.15) is 81.6 Å². The van der Waals surface area contributed by atoms with Gasteiger partial charge in [0.2, 0.25) is 5.91 Å². The molecule has 1 aliphatic rings. The van der Waals surface area contributed by atoms with Crippen LogP contribution >= 0.6 is 12.6 Å². The van der Waals surface area contributed by atoms with Gasteiger partial charge in [0.1, 0.15) is 0 Å². The minimum atomic E-state index is -0.221. The Labute approximate surface area is 149 Å². The molecule has 1 unspecified atom stereocenters. The van der Waals surface area contributed by atoms with E-state index in [-0.39, 0.29) is 32.9 Å². The molecule has 0 aromatic rings. The molecule has 0 radical (unpaired) electrons. The first kappa shape index (κ1) is 20.6. The molecule has 0 aliphatic carbocycles. The van der Waals surface area contributed by atoms with Crippen molar-refractivity contribution in [3.8, 4) is 0 Å². The summed E-state index contributed by atoms with van der Waals surface area (Å²) in [5.74, 6) is 0.108. The lowest BCUT2D eigenvalue weighted by molar-refractivity contribution is -0.130. The summed E-state index contributed by atoms with van der Waals surface area (Å²) in [6, 6.07) is 0. The molecule has 134 valence electrons. The van der Waals surface area contributed by atoms with E-state index in [0.29, 0.717) is 6.42 Å². The summed E-state index contributed by atoms with van der Waals surface area (Å²) >= 11 is 4.39. The summed E-state index contributed by atoms with van der Waals surface area (Å²) in [6.45, 7) is 24.8. The number of carbonyl (C=O) groups excluding carboxylic acids is 1. The Morgan fingerprint density at radius 3 is 1.87 bits per heavy atom. The molecule has 1 amide bonds. The van der Waals surface area contributed by atoms with E-state index in [0.717, 1.165) is 18.5 Å². The standard InChI is InChI=1S/C20H37NOS/c1-14-13-15(23)16(22)21(14)19(7,8)12-11-18(5,6)20(9,10)17(2,3)4/h15,23H,1,11-13H2,2-10H3. The normalized spacial score (nSPS) is 21.3. The lowest BCUT2D eigenvalue weighted by Gasteiger charge is -2.52. The smallest absolute Gasteiger partial charge is 0.240 e. The maximum atomic E-state index is 12.4. The van der Waals surface area contributed by atoms with Crippen LogP contribution in [0.2, 0.25) is 0 Å². The minimum Gasteiger partial charge on any atom is -0.310 e. The van der Waals surface area contributed by atoms with Crippen LogP contribution in [0.25, 0.3) is 0 Å². The van der Waals surface area contributed by atoms with Crippen molar-refractivity contribution >= 4 is 18.5 Å². The van der Waals surface area contributed by atoms with Gasteiger partial charge < -0.3 is 4.90 Å². The van der Waals surface area contributed by atoms with Gasteiger partial charge in [0.05, 0.1) is 5.25 Å². The second-order valence-corrected chi connectivity index (χ2v) is 10.7. The van der Waals surface area contributed by atoms with Crippen LogP contribution in [0.4, 0.5) is 0 Å². The fourth-order valence-electron chi connectivity index (χ4n) is 3.49. The molecule has 0 aromatic carbocycles. The number of hydrogen-bond donors (Lipinski definition) is 1. The van der Waals surface area contributed by atoms with Crippen LogP contribution in [0, 0.1) is 16.2 Å². The third-order valence-electron chi connectivity index (χ3n) is 6.78. The third-order valence-corrected chi connectivity index (χ3v) is 7.19. The van der Waals surface area contributed by atoms with Gasteiger partial charge in [-0.3, -0.25) is 4.79 Å². The summed E-state index contributed by atoms with van der Waals surface area (Å²) in [5.41, 5.74) is 1.29. The average molecular weight is 340 g/mol. The first-order valence-corrected chi connectivity index (χ1v) is 9.26. The first-order valence-electron chi connectivity index (χ1n) is 8.74. The Balaban J connectivity index is 2.91. The molecule has 1 rings (SSSR count). The Hall–Kier alpha value is -0.440. The van der Waals surface area contributed by atoms with E-state index >= 15 is 0 Å². The summed E-state index contributed by atoms with van der Waals surface area (Å²) in [5, 5.41) is -0.221. The van der Waals surface area contributed by atoms with Crippen LogP contribution in [0.5, 0.6) is 0 Å². The summed E-state index contributed by atoms with van der Waals surface area (Å²) in [6.07, 6.45) is 2.70. The number of nitrogens with zero attached hydrogens (tertiary/aromatic N) is 1. The molecule has 0 spiro atoms. The fraction of sp³-hybridized carbons (Fsp3) is 0.850.